The van der Waals surface area contributed by atoms with E-state index in [0.29, 0.717) is 22.8 Å². The molecule has 7 heteroatoms. The Bertz CT molecular complexity index is 820. The average molecular weight is 423 g/mol. The topological polar surface area (TPSA) is 65.4 Å². The molecule has 2 rings (SSSR count). The second kappa shape index (κ2) is 8.86. The van der Waals surface area contributed by atoms with Crippen molar-refractivity contribution in [3.8, 4) is 11.8 Å². The van der Waals surface area contributed by atoms with Crippen LogP contribution in [0.3, 0.4) is 0 Å². The number of benzene rings is 2. The first kappa shape index (κ1) is 19.3. The highest BCUT2D eigenvalue weighted by Crippen LogP contribution is 2.24. The first-order valence-corrected chi connectivity index (χ1v) is 8.60. The summed E-state index contributed by atoms with van der Waals surface area (Å²) in [5.41, 5.74) is 1.75. The average Bonchev–Trinajstić information content (AvgIpc) is 2.55. The predicted octanol–water partition coefficient (Wildman–Crippen LogP) is 4.05. The molecule has 0 aliphatic heterocycles. The maximum atomic E-state index is 12.3. The number of nitriles is 1. The van der Waals surface area contributed by atoms with E-state index in [2.05, 4.69) is 21.2 Å². The first-order valence-electron chi connectivity index (χ1n) is 7.43. The van der Waals surface area contributed by atoms with Gasteiger partial charge in [0.2, 0.25) is 5.91 Å². The van der Waals surface area contributed by atoms with Crippen LogP contribution in [0, 0.1) is 11.3 Å². The van der Waals surface area contributed by atoms with Crippen molar-refractivity contribution in [3.05, 3.63) is 57.0 Å². The molecule has 0 radical (unpaired) electrons. The van der Waals surface area contributed by atoms with Gasteiger partial charge >= 0.3 is 0 Å². The Labute approximate surface area is 160 Å². The van der Waals surface area contributed by atoms with E-state index in [9.17, 15) is 4.79 Å². The summed E-state index contributed by atoms with van der Waals surface area (Å²) in [6.45, 7) is 0.698. The summed E-state index contributed by atoms with van der Waals surface area (Å²) >= 11 is 9.37. The van der Waals surface area contributed by atoms with Gasteiger partial charge in [-0.2, -0.15) is 5.26 Å². The van der Waals surface area contributed by atoms with Crippen molar-refractivity contribution in [2.24, 2.45) is 0 Å². The van der Waals surface area contributed by atoms with Crippen molar-refractivity contribution in [3.63, 3.8) is 0 Å². The van der Waals surface area contributed by atoms with Crippen molar-refractivity contribution < 1.29 is 9.53 Å². The Kier molecular flexibility index (Phi) is 6.82. The van der Waals surface area contributed by atoms with Gasteiger partial charge < -0.3 is 10.1 Å². The van der Waals surface area contributed by atoms with Crippen molar-refractivity contribution in [1.82, 2.24) is 4.90 Å². The normalized spacial score (nSPS) is 10.4. The van der Waals surface area contributed by atoms with Gasteiger partial charge in [-0.15, -0.1) is 0 Å². The highest BCUT2D eigenvalue weighted by atomic mass is 79.9. The van der Waals surface area contributed by atoms with Crippen LogP contribution in [-0.4, -0.2) is 31.5 Å². The van der Waals surface area contributed by atoms with Gasteiger partial charge in [0.25, 0.3) is 0 Å². The maximum absolute atomic E-state index is 12.3. The molecule has 2 aromatic rings. The summed E-state index contributed by atoms with van der Waals surface area (Å²) in [6.07, 6.45) is 0. The van der Waals surface area contributed by atoms with E-state index in [1.807, 2.05) is 36.2 Å². The third-order valence-electron chi connectivity index (χ3n) is 3.47. The Balaban J connectivity index is 2.03. The number of methoxy groups -OCH3 is 1. The van der Waals surface area contributed by atoms with Crippen LogP contribution in [0.2, 0.25) is 5.02 Å². The van der Waals surface area contributed by atoms with Crippen LogP contribution in [0.1, 0.15) is 11.1 Å². The summed E-state index contributed by atoms with van der Waals surface area (Å²) in [6, 6.07) is 12.5. The van der Waals surface area contributed by atoms with Gasteiger partial charge in [0, 0.05) is 21.6 Å². The molecule has 25 heavy (non-hydrogen) atoms. The largest absolute Gasteiger partial charge is 0.496 e. The summed E-state index contributed by atoms with van der Waals surface area (Å²) in [5.74, 6) is 0.535. The van der Waals surface area contributed by atoms with Gasteiger partial charge in [0.15, 0.2) is 0 Å². The molecule has 130 valence electrons. The molecule has 0 fully saturated rings. The number of nitrogens with one attached hydrogen (secondary N) is 1. The zero-order valence-electron chi connectivity index (χ0n) is 13.8. The van der Waals surface area contributed by atoms with Crippen LogP contribution in [0.25, 0.3) is 0 Å². The number of anilines is 1. The van der Waals surface area contributed by atoms with Gasteiger partial charge in [0.1, 0.15) is 11.8 Å². The molecule has 0 saturated heterocycles. The Morgan fingerprint density at radius 2 is 2.12 bits per heavy atom. The molecule has 0 unspecified atom stereocenters. The van der Waals surface area contributed by atoms with E-state index < -0.39 is 0 Å². The number of halogens is 2. The minimum atomic E-state index is -0.227. The summed E-state index contributed by atoms with van der Waals surface area (Å²) in [7, 11) is 3.45. The van der Waals surface area contributed by atoms with Gasteiger partial charge in [0.05, 0.1) is 24.9 Å². The monoisotopic (exact) mass is 421 g/mol. The van der Waals surface area contributed by atoms with Crippen molar-refractivity contribution in [2.75, 3.05) is 26.0 Å². The zero-order valence-corrected chi connectivity index (χ0v) is 16.2. The summed E-state index contributed by atoms with van der Waals surface area (Å²) < 4.78 is 6.29. The molecule has 1 N–H and O–H groups in total. The summed E-state index contributed by atoms with van der Waals surface area (Å²) in [5, 5.41) is 12.3. The molecule has 0 aromatic heterocycles. The lowest BCUT2D eigenvalue weighted by Gasteiger charge is -2.18. The lowest BCUT2D eigenvalue weighted by Crippen LogP contribution is -2.30. The Morgan fingerprint density at radius 1 is 1.36 bits per heavy atom. The fraction of sp³-hybridized carbons (Fsp3) is 0.222. The van der Waals surface area contributed by atoms with Gasteiger partial charge in [-0.1, -0.05) is 27.5 Å². The summed E-state index contributed by atoms with van der Waals surface area (Å²) in [4.78, 5) is 14.1. The quantitative estimate of drug-likeness (QED) is 0.762. The van der Waals surface area contributed by atoms with Gasteiger partial charge in [-0.3, -0.25) is 9.69 Å². The minimum Gasteiger partial charge on any atom is -0.496 e. The molecule has 0 atom stereocenters. The fourth-order valence-electron chi connectivity index (χ4n) is 2.37. The van der Waals surface area contributed by atoms with E-state index in [1.54, 1.807) is 25.3 Å². The molecular weight excluding hydrogens is 406 g/mol. The molecular formula is C18H17BrClN3O2. The molecule has 0 heterocycles. The van der Waals surface area contributed by atoms with Crippen molar-refractivity contribution in [2.45, 2.75) is 6.54 Å². The molecule has 1 amide bonds. The lowest BCUT2D eigenvalue weighted by molar-refractivity contribution is -0.117. The number of likely N-dealkylation sites (N-methyl/N-ethyl adjacent to an activating group) is 1. The maximum Gasteiger partial charge on any atom is 0.238 e. The highest BCUT2D eigenvalue weighted by molar-refractivity contribution is 9.10. The van der Waals surface area contributed by atoms with E-state index in [4.69, 9.17) is 21.6 Å². The number of rotatable bonds is 6. The number of hydrogen-bond donors (Lipinski definition) is 1. The van der Waals surface area contributed by atoms with Crippen LogP contribution in [0.4, 0.5) is 5.69 Å². The molecule has 0 aliphatic rings. The number of nitrogens with zero attached hydrogens (tertiary/aromatic N) is 2. The number of hydrogen-bond acceptors (Lipinski definition) is 4. The van der Waals surface area contributed by atoms with E-state index in [1.165, 1.54) is 0 Å². The van der Waals surface area contributed by atoms with Gasteiger partial charge in [-0.05, 0) is 43.4 Å². The Hall–Kier alpha value is -2.07. The van der Waals surface area contributed by atoms with Crippen molar-refractivity contribution in [1.29, 1.82) is 5.26 Å². The van der Waals surface area contributed by atoms with Gasteiger partial charge in [-0.25, -0.2) is 0 Å². The second-order valence-corrected chi connectivity index (χ2v) is 6.83. The highest BCUT2D eigenvalue weighted by Gasteiger charge is 2.12. The van der Waals surface area contributed by atoms with E-state index in [0.717, 1.165) is 15.8 Å². The molecule has 0 aliphatic carbocycles. The Morgan fingerprint density at radius 3 is 2.80 bits per heavy atom. The number of carbonyl (C=O) groups is 1. The third kappa shape index (κ3) is 5.46. The van der Waals surface area contributed by atoms with Crippen LogP contribution in [-0.2, 0) is 11.3 Å². The second-order valence-electron chi connectivity index (χ2n) is 5.48. The molecule has 2 aromatic carbocycles. The molecule has 0 spiro atoms. The van der Waals surface area contributed by atoms with E-state index >= 15 is 0 Å². The fourth-order valence-corrected chi connectivity index (χ4v) is 2.95. The SMILES string of the molecule is COc1ccc(Br)cc1CN(C)CC(=O)Nc1cc(Cl)ccc1C#N. The van der Waals surface area contributed by atoms with Crippen LogP contribution < -0.4 is 10.1 Å². The third-order valence-corrected chi connectivity index (χ3v) is 4.20. The van der Waals surface area contributed by atoms with Crippen LogP contribution in [0.15, 0.2) is 40.9 Å². The predicted molar refractivity (Wildman–Crippen MR) is 102 cm³/mol. The van der Waals surface area contributed by atoms with Crippen LogP contribution in [0.5, 0.6) is 5.75 Å². The smallest absolute Gasteiger partial charge is 0.238 e. The zero-order chi connectivity index (χ0) is 18.4. The minimum absolute atomic E-state index is 0.160. The molecule has 5 nitrogen and oxygen atoms in total. The first-order chi connectivity index (χ1) is 11.9. The number of carbonyl (C=O) groups excluding carboxylic acids is 1. The van der Waals surface area contributed by atoms with Crippen LogP contribution >= 0.6 is 27.5 Å². The standard InChI is InChI=1S/C18H17BrClN3O2/c1-23(10-13-7-14(19)4-6-17(13)25-2)11-18(24)22-16-8-15(20)5-3-12(16)9-21/h3-8H,10-11H2,1-2H3,(H,22,24). The van der Waals surface area contributed by atoms with Crippen molar-refractivity contribution >= 4 is 39.1 Å². The molecule has 0 saturated carbocycles. The van der Waals surface area contributed by atoms with E-state index in [-0.39, 0.29) is 12.5 Å². The molecule has 0 bridgehead atoms. The number of ether oxygens (including phenoxy) is 1. The lowest BCUT2D eigenvalue weighted by atomic mass is 10.2. The number of amides is 1.